The predicted octanol–water partition coefficient (Wildman–Crippen LogP) is 3.59. The maximum atomic E-state index is 5.45. The van der Waals surface area contributed by atoms with Crippen molar-refractivity contribution in [3.63, 3.8) is 0 Å². The van der Waals surface area contributed by atoms with Crippen molar-refractivity contribution in [1.82, 2.24) is 5.32 Å². The third kappa shape index (κ3) is 3.96. The summed E-state index contributed by atoms with van der Waals surface area (Å²) in [6, 6.07) is 6.91. The van der Waals surface area contributed by atoms with E-state index in [1.807, 2.05) is 7.05 Å². The summed E-state index contributed by atoms with van der Waals surface area (Å²) < 4.78 is 6.59. The number of ether oxygens (including phenoxy) is 1. The highest BCUT2D eigenvalue weighted by molar-refractivity contribution is 9.10. The molecule has 1 unspecified atom stereocenters. The van der Waals surface area contributed by atoms with Gasteiger partial charge in [0.05, 0.1) is 0 Å². The van der Waals surface area contributed by atoms with Gasteiger partial charge in [0.1, 0.15) is 0 Å². The van der Waals surface area contributed by atoms with Gasteiger partial charge in [-0.25, -0.2) is 0 Å². The molecule has 3 nitrogen and oxygen atoms in total. The first kappa shape index (κ1) is 15.8. The van der Waals surface area contributed by atoms with Gasteiger partial charge in [0.25, 0.3) is 0 Å². The number of hydrogen-bond acceptors (Lipinski definition) is 3. The van der Waals surface area contributed by atoms with Crippen LogP contribution in [0.5, 0.6) is 0 Å². The fraction of sp³-hybridized carbons (Fsp3) is 0.625. The summed E-state index contributed by atoms with van der Waals surface area (Å²) in [6.45, 7) is 5.13. The number of halogens is 1. The van der Waals surface area contributed by atoms with Crippen molar-refractivity contribution in [2.45, 2.75) is 25.8 Å². The summed E-state index contributed by atoms with van der Waals surface area (Å²) in [5, 5.41) is 3.34. The van der Waals surface area contributed by atoms with Crippen molar-refractivity contribution >= 4 is 21.6 Å². The fourth-order valence-corrected chi connectivity index (χ4v) is 3.13. The molecule has 1 aliphatic heterocycles. The van der Waals surface area contributed by atoms with Crippen molar-refractivity contribution in [2.75, 3.05) is 38.8 Å². The molecule has 0 amide bonds. The lowest BCUT2D eigenvalue weighted by atomic mass is 9.98. The molecule has 2 rings (SSSR count). The molecule has 1 fully saturated rings. The smallest absolute Gasteiger partial charge is 0.0469 e. The van der Waals surface area contributed by atoms with Crippen LogP contribution in [-0.2, 0) is 4.74 Å². The Labute approximate surface area is 130 Å². The SMILES string of the molecule is CNC(C)c1ccc(Br)cc1N(C)CC1CCOCC1. The average Bonchev–Trinajstić information content (AvgIpc) is 2.47. The highest BCUT2D eigenvalue weighted by Crippen LogP contribution is 2.30. The molecule has 1 aromatic rings. The zero-order valence-electron chi connectivity index (χ0n) is 12.7. The van der Waals surface area contributed by atoms with Crippen LogP contribution in [0, 0.1) is 5.92 Å². The molecule has 1 N–H and O–H groups in total. The Kier molecular flexibility index (Phi) is 5.87. The van der Waals surface area contributed by atoms with Gasteiger partial charge < -0.3 is 15.0 Å². The van der Waals surface area contributed by atoms with Crippen LogP contribution in [0.3, 0.4) is 0 Å². The molecule has 1 aliphatic rings. The molecule has 1 aromatic carbocycles. The van der Waals surface area contributed by atoms with E-state index in [1.165, 1.54) is 24.1 Å². The van der Waals surface area contributed by atoms with Gasteiger partial charge in [-0.3, -0.25) is 0 Å². The first-order valence-corrected chi connectivity index (χ1v) is 8.16. The molecule has 1 heterocycles. The summed E-state index contributed by atoms with van der Waals surface area (Å²) in [6.07, 6.45) is 2.35. The van der Waals surface area contributed by atoms with Gasteiger partial charge in [0.2, 0.25) is 0 Å². The fourth-order valence-electron chi connectivity index (χ4n) is 2.78. The molecular weight excluding hydrogens is 316 g/mol. The molecule has 0 aliphatic carbocycles. The minimum atomic E-state index is 0.357. The summed E-state index contributed by atoms with van der Waals surface area (Å²) in [4.78, 5) is 2.39. The van der Waals surface area contributed by atoms with E-state index in [0.29, 0.717) is 6.04 Å². The first-order valence-electron chi connectivity index (χ1n) is 7.37. The van der Waals surface area contributed by atoms with E-state index in [2.05, 4.69) is 58.3 Å². The summed E-state index contributed by atoms with van der Waals surface area (Å²) in [5.41, 5.74) is 2.66. The van der Waals surface area contributed by atoms with Crippen molar-refractivity contribution in [2.24, 2.45) is 5.92 Å². The topological polar surface area (TPSA) is 24.5 Å². The second-order valence-corrected chi connectivity index (χ2v) is 6.57. The van der Waals surface area contributed by atoms with Gasteiger partial charge >= 0.3 is 0 Å². The lowest BCUT2D eigenvalue weighted by Crippen LogP contribution is -2.30. The first-order chi connectivity index (χ1) is 9.61. The molecule has 0 aromatic heterocycles. The molecule has 0 radical (unpaired) electrons. The maximum absolute atomic E-state index is 5.45. The quantitative estimate of drug-likeness (QED) is 0.886. The summed E-state index contributed by atoms with van der Waals surface area (Å²) in [5.74, 6) is 0.741. The van der Waals surface area contributed by atoms with Crippen LogP contribution in [0.1, 0.15) is 31.4 Å². The summed E-state index contributed by atoms with van der Waals surface area (Å²) >= 11 is 3.59. The Morgan fingerprint density at radius 2 is 2.10 bits per heavy atom. The third-order valence-corrected chi connectivity index (χ3v) is 4.67. The van der Waals surface area contributed by atoms with E-state index in [1.54, 1.807) is 0 Å². The van der Waals surface area contributed by atoms with Gasteiger partial charge in [-0.15, -0.1) is 0 Å². The van der Waals surface area contributed by atoms with Crippen molar-refractivity contribution < 1.29 is 4.74 Å². The molecule has 1 saturated heterocycles. The second kappa shape index (κ2) is 7.43. The standard InChI is InChI=1S/C16H25BrN2O/c1-12(18-2)15-5-4-14(17)10-16(15)19(3)11-13-6-8-20-9-7-13/h4-5,10,12-13,18H,6-9,11H2,1-3H3. The average molecular weight is 341 g/mol. The number of anilines is 1. The zero-order valence-corrected chi connectivity index (χ0v) is 14.2. The van der Waals surface area contributed by atoms with Gasteiger partial charge in [0.15, 0.2) is 0 Å². The molecule has 0 saturated carbocycles. The van der Waals surface area contributed by atoms with Gasteiger partial charge in [-0.05, 0) is 50.4 Å². The summed E-state index contributed by atoms with van der Waals surface area (Å²) in [7, 11) is 4.21. The van der Waals surface area contributed by atoms with Crippen LogP contribution in [0.2, 0.25) is 0 Å². The lowest BCUT2D eigenvalue weighted by Gasteiger charge is -2.31. The van der Waals surface area contributed by atoms with E-state index in [4.69, 9.17) is 4.74 Å². The Morgan fingerprint density at radius 1 is 1.40 bits per heavy atom. The largest absolute Gasteiger partial charge is 0.381 e. The van der Waals surface area contributed by atoms with Crippen LogP contribution in [-0.4, -0.2) is 33.9 Å². The lowest BCUT2D eigenvalue weighted by molar-refractivity contribution is 0.0685. The van der Waals surface area contributed by atoms with E-state index >= 15 is 0 Å². The molecule has 0 bridgehead atoms. The van der Waals surface area contributed by atoms with E-state index in [-0.39, 0.29) is 0 Å². The molecule has 1 atom stereocenters. The molecule has 0 spiro atoms. The minimum Gasteiger partial charge on any atom is -0.381 e. The molecule has 4 heteroatoms. The van der Waals surface area contributed by atoms with Crippen LogP contribution in [0.15, 0.2) is 22.7 Å². The Hall–Kier alpha value is -0.580. The Bertz CT molecular complexity index is 432. The zero-order chi connectivity index (χ0) is 14.5. The van der Waals surface area contributed by atoms with Gasteiger partial charge in [-0.1, -0.05) is 22.0 Å². The van der Waals surface area contributed by atoms with Crippen molar-refractivity contribution in [3.05, 3.63) is 28.2 Å². The Morgan fingerprint density at radius 3 is 2.75 bits per heavy atom. The third-order valence-electron chi connectivity index (χ3n) is 4.18. The van der Waals surface area contributed by atoms with E-state index in [9.17, 15) is 0 Å². The van der Waals surface area contributed by atoms with Crippen LogP contribution < -0.4 is 10.2 Å². The minimum absolute atomic E-state index is 0.357. The van der Waals surface area contributed by atoms with E-state index < -0.39 is 0 Å². The number of benzene rings is 1. The van der Waals surface area contributed by atoms with Crippen molar-refractivity contribution in [1.29, 1.82) is 0 Å². The van der Waals surface area contributed by atoms with Gasteiger partial charge in [-0.2, -0.15) is 0 Å². The van der Waals surface area contributed by atoms with Crippen LogP contribution in [0.25, 0.3) is 0 Å². The Balaban J connectivity index is 2.14. The highest BCUT2D eigenvalue weighted by atomic mass is 79.9. The second-order valence-electron chi connectivity index (χ2n) is 5.65. The number of nitrogens with one attached hydrogen (secondary N) is 1. The highest BCUT2D eigenvalue weighted by Gasteiger charge is 2.19. The monoisotopic (exact) mass is 340 g/mol. The molecule has 112 valence electrons. The molecular formula is C16H25BrN2O. The van der Waals surface area contributed by atoms with Crippen LogP contribution >= 0.6 is 15.9 Å². The normalized spacial score (nSPS) is 18.0. The number of hydrogen-bond donors (Lipinski definition) is 1. The predicted molar refractivity (Wildman–Crippen MR) is 88.4 cm³/mol. The van der Waals surface area contributed by atoms with Crippen LogP contribution in [0.4, 0.5) is 5.69 Å². The molecule has 20 heavy (non-hydrogen) atoms. The van der Waals surface area contributed by atoms with Gasteiger partial charge in [0, 0.05) is 43.0 Å². The number of rotatable bonds is 5. The van der Waals surface area contributed by atoms with Crippen molar-refractivity contribution in [3.8, 4) is 0 Å². The maximum Gasteiger partial charge on any atom is 0.0469 e. The number of nitrogens with zero attached hydrogens (tertiary/aromatic N) is 1. The van der Waals surface area contributed by atoms with E-state index in [0.717, 1.165) is 30.1 Å².